The number of fused-ring (bicyclic) bond motifs is 2. The predicted octanol–water partition coefficient (Wildman–Crippen LogP) is 3.64. The first kappa shape index (κ1) is 15.6. The summed E-state index contributed by atoms with van der Waals surface area (Å²) in [5, 5.41) is 0. The lowest BCUT2D eigenvalue weighted by Gasteiger charge is -2.33. The molecule has 1 fully saturated rings. The molecule has 0 radical (unpaired) electrons. The fourth-order valence-corrected chi connectivity index (χ4v) is 4.82. The Morgan fingerprint density at radius 2 is 2.08 bits per heavy atom. The Kier molecular flexibility index (Phi) is 3.65. The van der Waals surface area contributed by atoms with Crippen molar-refractivity contribution in [1.82, 2.24) is 0 Å². The minimum absolute atomic E-state index is 0.0985. The Hall–Kier alpha value is -1.87. The van der Waals surface area contributed by atoms with Crippen molar-refractivity contribution in [1.29, 1.82) is 0 Å². The average Bonchev–Trinajstić information content (AvgIpc) is 2.96. The van der Waals surface area contributed by atoms with Gasteiger partial charge in [-0.2, -0.15) is 0 Å². The minimum Gasteiger partial charge on any atom is -0.468 e. The lowest BCUT2D eigenvalue weighted by atomic mass is 9.76. The van der Waals surface area contributed by atoms with E-state index in [1.807, 2.05) is 0 Å². The third-order valence-corrected chi connectivity index (χ3v) is 6.26. The molecule has 3 aliphatic rings. The van der Waals surface area contributed by atoms with Crippen molar-refractivity contribution in [2.75, 3.05) is 14.2 Å². The molecule has 3 nitrogen and oxygen atoms in total. The third-order valence-electron chi connectivity index (χ3n) is 6.26. The molecule has 0 amide bonds. The van der Waals surface area contributed by atoms with Crippen LogP contribution in [-0.4, -0.2) is 26.3 Å². The first-order chi connectivity index (χ1) is 11.6. The van der Waals surface area contributed by atoms with E-state index in [1.54, 1.807) is 7.11 Å². The summed E-state index contributed by atoms with van der Waals surface area (Å²) in [5.41, 5.74) is 3.32. The fourth-order valence-electron chi connectivity index (χ4n) is 4.82. The SMILES string of the molecule is COC(=O)[C@@]1(/C=C2/c3ccccc3C[C@H](OC)[C@H]2C)[C@@H]2CC=C[C@@H]21. The van der Waals surface area contributed by atoms with Crippen molar-refractivity contribution in [3.63, 3.8) is 0 Å². The molecule has 3 aliphatic carbocycles. The van der Waals surface area contributed by atoms with Crippen LogP contribution in [0.3, 0.4) is 0 Å². The lowest BCUT2D eigenvalue weighted by Crippen LogP contribution is -2.30. The quantitative estimate of drug-likeness (QED) is 0.629. The molecule has 1 aromatic carbocycles. The van der Waals surface area contributed by atoms with E-state index < -0.39 is 5.41 Å². The summed E-state index contributed by atoms with van der Waals surface area (Å²) in [6, 6.07) is 8.48. The summed E-state index contributed by atoms with van der Waals surface area (Å²) in [4.78, 5) is 12.6. The van der Waals surface area contributed by atoms with Gasteiger partial charge in [0, 0.05) is 18.9 Å². The first-order valence-corrected chi connectivity index (χ1v) is 8.72. The van der Waals surface area contributed by atoms with Gasteiger partial charge in [-0.05, 0) is 35.5 Å². The predicted molar refractivity (Wildman–Crippen MR) is 93.3 cm³/mol. The largest absolute Gasteiger partial charge is 0.468 e. The van der Waals surface area contributed by atoms with Crippen molar-refractivity contribution in [3.8, 4) is 0 Å². The second-order valence-electron chi connectivity index (χ2n) is 7.24. The van der Waals surface area contributed by atoms with Crippen LogP contribution in [0.1, 0.15) is 24.5 Å². The monoisotopic (exact) mass is 324 g/mol. The van der Waals surface area contributed by atoms with Gasteiger partial charge in [0.2, 0.25) is 0 Å². The zero-order valence-corrected chi connectivity index (χ0v) is 14.5. The molecule has 0 unspecified atom stereocenters. The highest BCUT2D eigenvalue weighted by Gasteiger charge is 2.69. The molecule has 0 aromatic heterocycles. The topological polar surface area (TPSA) is 35.5 Å². The van der Waals surface area contributed by atoms with Crippen LogP contribution >= 0.6 is 0 Å². The lowest BCUT2D eigenvalue weighted by molar-refractivity contribution is -0.146. The standard InChI is InChI=1S/C21H24O3/c1-13-16(15-8-5-4-7-14(15)11-19(13)23-2)12-21(20(22)24-3)17-9-6-10-18(17)21/h4-9,12-13,17-19H,10-11H2,1-3H3/b16-12+/t13-,17-,18+,19-,21+/m0/s1. The van der Waals surface area contributed by atoms with Gasteiger partial charge in [-0.3, -0.25) is 4.79 Å². The van der Waals surface area contributed by atoms with Crippen LogP contribution in [0.15, 0.2) is 42.5 Å². The highest BCUT2D eigenvalue weighted by atomic mass is 16.5. The molecule has 0 bridgehead atoms. The summed E-state index contributed by atoms with van der Waals surface area (Å²) in [6.07, 6.45) is 8.62. The van der Waals surface area contributed by atoms with Crippen molar-refractivity contribution in [3.05, 3.63) is 53.6 Å². The first-order valence-electron chi connectivity index (χ1n) is 8.72. The van der Waals surface area contributed by atoms with Gasteiger partial charge >= 0.3 is 5.97 Å². The Morgan fingerprint density at radius 1 is 1.29 bits per heavy atom. The van der Waals surface area contributed by atoms with Gasteiger partial charge in [0.1, 0.15) is 0 Å². The van der Waals surface area contributed by atoms with Crippen LogP contribution in [-0.2, 0) is 20.7 Å². The maximum atomic E-state index is 12.6. The zero-order chi connectivity index (χ0) is 16.9. The smallest absolute Gasteiger partial charge is 0.316 e. The summed E-state index contributed by atoms with van der Waals surface area (Å²) >= 11 is 0. The van der Waals surface area contributed by atoms with E-state index in [4.69, 9.17) is 9.47 Å². The Bertz CT molecular complexity index is 732. The number of esters is 1. The van der Waals surface area contributed by atoms with E-state index in [1.165, 1.54) is 23.8 Å². The van der Waals surface area contributed by atoms with Gasteiger partial charge in [-0.15, -0.1) is 0 Å². The molecule has 24 heavy (non-hydrogen) atoms. The molecule has 0 heterocycles. The zero-order valence-electron chi connectivity index (χ0n) is 14.5. The van der Waals surface area contributed by atoms with E-state index in [2.05, 4.69) is 49.4 Å². The molecular weight excluding hydrogens is 300 g/mol. The molecule has 5 atom stereocenters. The van der Waals surface area contributed by atoms with Crippen LogP contribution in [0.25, 0.3) is 5.57 Å². The van der Waals surface area contributed by atoms with Crippen LogP contribution in [0.5, 0.6) is 0 Å². The van der Waals surface area contributed by atoms with Crippen molar-refractivity contribution in [2.45, 2.75) is 25.9 Å². The number of methoxy groups -OCH3 is 2. The van der Waals surface area contributed by atoms with Crippen LogP contribution < -0.4 is 0 Å². The molecule has 0 N–H and O–H groups in total. The molecule has 0 saturated heterocycles. The molecule has 1 aromatic rings. The number of allylic oxidation sites excluding steroid dienone is 2. The van der Waals surface area contributed by atoms with Gasteiger partial charge in [0.15, 0.2) is 0 Å². The number of hydrogen-bond acceptors (Lipinski definition) is 3. The van der Waals surface area contributed by atoms with Gasteiger partial charge in [0.25, 0.3) is 0 Å². The van der Waals surface area contributed by atoms with E-state index in [9.17, 15) is 4.79 Å². The maximum absolute atomic E-state index is 12.6. The number of benzene rings is 1. The summed E-state index contributed by atoms with van der Waals surface area (Å²) < 4.78 is 10.9. The second-order valence-corrected chi connectivity index (χ2v) is 7.24. The Labute approximate surface area is 143 Å². The number of carbonyl (C=O) groups excluding carboxylic acids is 1. The molecule has 126 valence electrons. The van der Waals surface area contributed by atoms with Crippen LogP contribution in [0.4, 0.5) is 0 Å². The maximum Gasteiger partial charge on any atom is 0.316 e. The highest BCUT2D eigenvalue weighted by Crippen LogP contribution is 2.67. The van der Waals surface area contributed by atoms with Crippen molar-refractivity contribution in [2.24, 2.45) is 23.2 Å². The van der Waals surface area contributed by atoms with E-state index >= 15 is 0 Å². The summed E-state index contributed by atoms with van der Waals surface area (Å²) in [5.74, 6) is 0.815. The average molecular weight is 324 g/mol. The molecule has 1 saturated carbocycles. The van der Waals surface area contributed by atoms with Gasteiger partial charge in [0.05, 0.1) is 18.6 Å². The highest BCUT2D eigenvalue weighted by molar-refractivity contribution is 5.89. The van der Waals surface area contributed by atoms with E-state index in [0.717, 1.165) is 12.8 Å². The van der Waals surface area contributed by atoms with Crippen LogP contribution in [0, 0.1) is 23.2 Å². The second kappa shape index (κ2) is 5.59. The summed E-state index contributed by atoms with van der Waals surface area (Å²) in [7, 11) is 3.27. The normalized spacial score (nSPS) is 37.9. The van der Waals surface area contributed by atoms with Gasteiger partial charge in [-0.1, -0.05) is 49.4 Å². The summed E-state index contributed by atoms with van der Waals surface area (Å²) in [6.45, 7) is 2.20. The Morgan fingerprint density at radius 3 is 2.75 bits per heavy atom. The fraction of sp³-hybridized carbons (Fsp3) is 0.476. The van der Waals surface area contributed by atoms with Crippen LogP contribution in [0.2, 0.25) is 0 Å². The van der Waals surface area contributed by atoms with E-state index in [0.29, 0.717) is 11.8 Å². The molecule has 0 aliphatic heterocycles. The van der Waals surface area contributed by atoms with Crippen molar-refractivity contribution >= 4 is 11.5 Å². The third kappa shape index (κ3) is 2.04. The number of hydrogen-bond donors (Lipinski definition) is 0. The molecular formula is C21H24O3. The minimum atomic E-state index is -0.476. The number of rotatable bonds is 3. The molecule has 4 rings (SSSR count). The molecule has 3 heteroatoms. The van der Waals surface area contributed by atoms with Crippen molar-refractivity contribution < 1.29 is 14.3 Å². The number of ether oxygens (including phenoxy) is 2. The van der Waals surface area contributed by atoms with Gasteiger partial charge in [-0.25, -0.2) is 0 Å². The molecule has 0 spiro atoms. The number of carbonyl (C=O) groups is 1. The van der Waals surface area contributed by atoms with E-state index in [-0.39, 0.29) is 18.0 Å². The Balaban J connectivity index is 1.83. The van der Waals surface area contributed by atoms with Gasteiger partial charge < -0.3 is 9.47 Å².